The van der Waals surface area contributed by atoms with Crippen LogP contribution in [0.1, 0.15) is 24.1 Å². The van der Waals surface area contributed by atoms with Crippen LogP contribution in [0.25, 0.3) is 0 Å². The summed E-state index contributed by atoms with van der Waals surface area (Å²) < 4.78 is 81.0. The lowest BCUT2D eigenvalue weighted by molar-refractivity contribution is -0.144. The molecule has 0 aliphatic carbocycles. The number of nitrogens with two attached hydrogens (primary N) is 1. The number of benzene rings is 2. The van der Waals surface area contributed by atoms with Crippen molar-refractivity contribution >= 4 is 21.7 Å². The number of aliphatic imine (C=N–C) groups is 1. The molecule has 1 aliphatic rings. The summed E-state index contributed by atoms with van der Waals surface area (Å²) in [6.45, 7) is 1.37. The molecule has 0 amide bonds. The molecule has 0 saturated carbocycles. The number of rotatable bonds is 4. The highest BCUT2D eigenvalue weighted by Gasteiger charge is 2.43. The molecule has 3 rings (SSSR count). The summed E-state index contributed by atoms with van der Waals surface area (Å²) >= 11 is 0. The maximum absolute atomic E-state index is 14.6. The van der Waals surface area contributed by atoms with Crippen molar-refractivity contribution in [2.24, 2.45) is 10.7 Å². The van der Waals surface area contributed by atoms with Crippen molar-refractivity contribution in [1.82, 2.24) is 4.31 Å². The van der Waals surface area contributed by atoms with E-state index in [2.05, 4.69) is 10.3 Å². The van der Waals surface area contributed by atoms with Crippen molar-refractivity contribution < 1.29 is 26.0 Å². The Labute approximate surface area is 171 Å². The van der Waals surface area contributed by atoms with Gasteiger partial charge in [0, 0.05) is 18.3 Å². The van der Waals surface area contributed by atoms with Gasteiger partial charge in [-0.25, -0.2) is 22.1 Å². The quantitative estimate of drug-likeness (QED) is 0.708. The van der Waals surface area contributed by atoms with Crippen LogP contribution in [0.15, 0.2) is 53.5 Å². The summed E-state index contributed by atoms with van der Waals surface area (Å²) in [7, 11) is -2.66. The predicted molar refractivity (Wildman–Crippen MR) is 106 cm³/mol. The van der Waals surface area contributed by atoms with Crippen LogP contribution in [0.5, 0.6) is 0 Å². The fourth-order valence-corrected chi connectivity index (χ4v) is 4.73. The van der Waals surface area contributed by atoms with Gasteiger partial charge in [-0.1, -0.05) is 30.3 Å². The molecular formula is C19H20F4N4O2S. The van der Waals surface area contributed by atoms with Gasteiger partial charge in [-0.05, 0) is 30.7 Å². The first-order chi connectivity index (χ1) is 13.8. The Morgan fingerprint density at radius 3 is 2.40 bits per heavy atom. The largest absolute Gasteiger partial charge is 0.412 e. The van der Waals surface area contributed by atoms with E-state index in [1.165, 1.54) is 38.2 Å². The highest BCUT2D eigenvalue weighted by Crippen LogP contribution is 2.38. The minimum Gasteiger partial charge on any atom is -0.370 e. The van der Waals surface area contributed by atoms with E-state index >= 15 is 0 Å². The van der Waals surface area contributed by atoms with Crippen LogP contribution in [0.2, 0.25) is 0 Å². The lowest BCUT2D eigenvalue weighted by atomic mass is 9.93. The molecule has 1 heterocycles. The minimum atomic E-state index is -4.63. The highest BCUT2D eigenvalue weighted by atomic mass is 32.2. The number of anilines is 1. The average molecular weight is 444 g/mol. The second-order valence-corrected chi connectivity index (χ2v) is 9.19. The number of nitrogens with zero attached hydrogens (tertiary/aromatic N) is 2. The van der Waals surface area contributed by atoms with E-state index in [0.29, 0.717) is 0 Å². The van der Waals surface area contributed by atoms with Crippen LogP contribution < -0.4 is 11.1 Å². The third kappa shape index (κ3) is 4.20. The fraction of sp³-hybridized carbons (Fsp3) is 0.316. The molecule has 0 bridgehead atoms. The number of halogens is 4. The van der Waals surface area contributed by atoms with E-state index in [1.807, 2.05) is 0 Å². The van der Waals surface area contributed by atoms with Gasteiger partial charge in [0.2, 0.25) is 16.0 Å². The van der Waals surface area contributed by atoms with Gasteiger partial charge in [0.25, 0.3) is 0 Å². The Bertz CT molecular complexity index is 1070. The molecule has 30 heavy (non-hydrogen) atoms. The monoisotopic (exact) mass is 444 g/mol. The first-order valence-electron chi connectivity index (χ1n) is 8.84. The molecule has 0 spiro atoms. The number of guanidine groups is 1. The molecule has 2 aromatic carbocycles. The van der Waals surface area contributed by atoms with Crippen molar-refractivity contribution in [1.29, 1.82) is 0 Å². The zero-order chi connectivity index (χ0) is 22.3. The Morgan fingerprint density at radius 1 is 1.20 bits per heavy atom. The lowest BCUT2D eigenvalue weighted by Crippen LogP contribution is -2.50. The topological polar surface area (TPSA) is 87.8 Å². The van der Waals surface area contributed by atoms with Crippen LogP contribution in [0.3, 0.4) is 0 Å². The van der Waals surface area contributed by atoms with Crippen LogP contribution in [0, 0.1) is 5.82 Å². The molecule has 0 fully saturated rings. The third-order valence-corrected chi connectivity index (χ3v) is 6.83. The molecule has 0 saturated heterocycles. The minimum absolute atomic E-state index is 0.0220. The molecule has 6 nitrogen and oxygen atoms in total. The van der Waals surface area contributed by atoms with Crippen molar-refractivity contribution in [3.63, 3.8) is 0 Å². The van der Waals surface area contributed by atoms with E-state index in [0.717, 1.165) is 22.5 Å². The zero-order valence-corrected chi connectivity index (χ0v) is 16.9. The number of alkyl halides is 3. The second-order valence-electron chi connectivity index (χ2n) is 7.19. The van der Waals surface area contributed by atoms with Gasteiger partial charge in [-0.2, -0.15) is 13.2 Å². The molecule has 162 valence electrons. The fourth-order valence-electron chi connectivity index (χ4n) is 3.28. The van der Waals surface area contributed by atoms with Crippen molar-refractivity contribution in [2.45, 2.75) is 24.7 Å². The molecule has 1 aliphatic heterocycles. The summed E-state index contributed by atoms with van der Waals surface area (Å²) in [5, 5.41) is 2.37. The highest BCUT2D eigenvalue weighted by molar-refractivity contribution is 7.89. The van der Waals surface area contributed by atoms with Crippen molar-refractivity contribution in [3.8, 4) is 0 Å². The zero-order valence-electron chi connectivity index (χ0n) is 16.1. The standard InChI is InChI=1S/C19H20F4N4O2S/c1-18(11-30(28,29)27(2)17(24)26-18)14-10-13(8-9-15(14)20)25-16(19(21,22)23)12-6-4-3-5-7-12/h3-10,16,25H,11H2,1-2H3,(H2,24,26)/t16?,18-/m0/s1. The van der Waals surface area contributed by atoms with Gasteiger partial charge in [0.05, 0.1) is 5.75 Å². The molecule has 1 unspecified atom stereocenters. The summed E-state index contributed by atoms with van der Waals surface area (Å²) in [5.41, 5.74) is 3.84. The molecule has 0 aromatic heterocycles. The Hall–Kier alpha value is -2.82. The Kier molecular flexibility index (Phi) is 5.44. The number of hydrogen-bond donors (Lipinski definition) is 2. The van der Waals surface area contributed by atoms with E-state index in [4.69, 9.17) is 5.73 Å². The number of hydrogen-bond acceptors (Lipinski definition) is 5. The van der Waals surface area contributed by atoms with Gasteiger partial charge in [-0.3, -0.25) is 0 Å². The van der Waals surface area contributed by atoms with Crippen molar-refractivity contribution in [2.75, 3.05) is 18.1 Å². The van der Waals surface area contributed by atoms with Crippen LogP contribution in [-0.4, -0.2) is 37.7 Å². The van der Waals surface area contributed by atoms with E-state index in [9.17, 15) is 26.0 Å². The maximum Gasteiger partial charge on any atom is 0.412 e. The lowest BCUT2D eigenvalue weighted by Gasteiger charge is -2.35. The van der Waals surface area contributed by atoms with Gasteiger partial charge < -0.3 is 11.1 Å². The second kappa shape index (κ2) is 7.46. The Morgan fingerprint density at radius 2 is 1.83 bits per heavy atom. The Balaban J connectivity index is 2.04. The van der Waals surface area contributed by atoms with E-state index in [1.54, 1.807) is 6.07 Å². The van der Waals surface area contributed by atoms with E-state index in [-0.39, 0.29) is 22.8 Å². The molecule has 0 radical (unpaired) electrons. The van der Waals surface area contributed by atoms with Gasteiger partial charge >= 0.3 is 6.18 Å². The first kappa shape index (κ1) is 21.9. The summed E-state index contributed by atoms with van der Waals surface area (Å²) in [6, 6.07) is 8.42. The SMILES string of the molecule is CN1C(N)=N[C@](C)(c2cc(NC(c3ccccc3)C(F)(F)F)ccc2F)CS1(=O)=O. The molecule has 2 aromatic rings. The maximum atomic E-state index is 14.6. The predicted octanol–water partition coefficient (Wildman–Crippen LogP) is 3.35. The van der Waals surface area contributed by atoms with Gasteiger partial charge in [0.1, 0.15) is 17.4 Å². The van der Waals surface area contributed by atoms with Crippen molar-refractivity contribution in [3.05, 3.63) is 65.5 Å². The number of sulfonamides is 1. The third-order valence-electron chi connectivity index (χ3n) is 4.88. The average Bonchev–Trinajstić information content (AvgIpc) is 2.64. The van der Waals surface area contributed by atoms with Crippen LogP contribution in [0.4, 0.5) is 23.2 Å². The van der Waals surface area contributed by atoms with Crippen LogP contribution in [-0.2, 0) is 15.6 Å². The normalized spacial score (nSPS) is 22.3. The van der Waals surface area contributed by atoms with Crippen LogP contribution >= 0.6 is 0 Å². The van der Waals surface area contributed by atoms with E-state index < -0.39 is 39.4 Å². The summed E-state index contributed by atoms with van der Waals surface area (Å²) in [6.07, 6.45) is -4.63. The smallest absolute Gasteiger partial charge is 0.370 e. The van der Waals surface area contributed by atoms with Gasteiger partial charge in [-0.15, -0.1) is 0 Å². The molecule has 3 N–H and O–H groups in total. The molecule has 11 heteroatoms. The molecular weight excluding hydrogens is 424 g/mol. The first-order valence-corrected chi connectivity index (χ1v) is 10.4. The summed E-state index contributed by atoms with van der Waals surface area (Å²) in [5.74, 6) is -1.72. The molecule has 2 atom stereocenters. The summed E-state index contributed by atoms with van der Waals surface area (Å²) in [4.78, 5) is 4.10. The number of nitrogens with one attached hydrogen (secondary N) is 1. The van der Waals surface area contributed by atoms with Gasteiger partial charge in [0.15, 0.2) is 0 Å².